The van der Waals surface area contributed by atoms with E-state index in [-0.39, 0.29) is 22.5 Å². The number of methoxy groups -OCH3 is 1. The second-order valence-electron chi connectivity index (χ2n) is 4.24. The Hall–Kier alpha value is -2.41. The molecule has 0 amide bonds. The Kier molecular flexibility index (Phi) is 4.54. The topological polar surface area (TPSA) is 90.2 Å². The lowest BCUT2D eigenvalue weighted by Crippen LogP contribution is -2.07. The molecule has 2 rings (SSSR count). The molecular formula is C13H13ClN4O3. The van der Waals surface area contributed by atoms with Gasteiger partial charge in [0.15, 0.2) is 0 Å². The zero-order valence-electron chi connectivity index (χ0n) is 11.5. The van der Waals surface area contributed by atoms with Crippen LogP contribution in [0.25, 0.3) is 0 Å². The van der Waals surface area contributed by atoms with Crippen molar-refractivity contribution in [3.8, 4) is 5.75 Å². The average molecular weight is 309 g/mol. The summed E-state index contributed by atoms with van der Waals surface area (Å²) in [6.45, 7) is 1.87. The van der Waals surface area contributed by atoms with Crippen molar-refractivity contribution in [2.24, 2.45) is 0 Å². The van der Waals surface area contributed by atoms with Crippen LogP contribution in [0.4, 0.5) is 11.5 Å². The molecule has 0 aliphatic heterocycles. The molecule has 110 valence electrons. The van der Waals surface area contributed by atoms with Crippen LogP contribution < -0.4 is 10.1 Å². The molecule has 1 aromatic carbocycles. The SMILES string of the molecule is COc1cccc(CNc2nc(Cl)nc(C)c2[N+](=O)[O-])c1. The maximum atomic E-state index is 11.1. The number of halogens is 1. The van der Waals surface area contributed by atoms with E-state index < -0.39 is 4.92 Å². The molecule has 21 heavy (non-hydrogen) atoms. The second kappa shape index (κ2) is 6.36. The van der Waals surface area contributed by atoms with Gasteiger partial charge in [0.05, 0.1) is 12.0 Å². The molecule has 0 radical (unpaired) electrons. The number of nitrogens with zero attached hydrogens (tertiary/aromatic N) is 3. The van der Waals surface area contributed by atoms with Crippen LogP contribution in [0.2, 0.25) is 5.28 Å². The number of ether oxygens (including phenoxy) is 1. The average Bonchev–Trinajstić information content (AvgIpc) is 2.44. The molecule has 0 fully saturated rings. The summed E-state index contributed by atoms with van der Waals surface area (Å²) >= 11 is 5.75. The Morgan fingerprint density at radius 2 is 2.19 bits per heavy atom. The van der Waals surface area contributed by atoms with E-state index in [2.05, 4.69) is 15.3 Å². The Labute approximate surface area is 126 Å². The molecule has 0 aliphatic rings. The number of anilines is 1. The molecule has 1 heterocycles. The first-order valence-corrected chi connectivity index (χ1v) is 6.44. The lowest BCUT2D eigenvalue weighted by Gasteiger charge is -2.09. The Morgan fingerprint density at radius 1 is 1.43 bits per heavy atom. The number of nitrogens with one attached hydrogen (secondary N) is 1. The van der Waals surface area contributed by atoms with Gasteiger partial charge in [-0.3, -0.25) is 10.1 Å². The summed E-state index contributed by atoms with van der Waals surface area (Å²) < 4.78 is 5.12. The van der Waals surface area contributed by atoms with Crippen molar-refractivity contribution in [2.45, 2.75) is 13.5 Å². The quantitative estimate of drug-likeness (QED) is 0.519. The van der Waals surface area contributed by atoms with Gasteiger partial charge in [-0.05, 0) is 36.2 Å². The molecule has 2 aromatic rings. The minimum absolute atomic E-state index is 0.0359. The normalized spacial score (nSPS) is 10.2. The number of rotatable bonds is 5. The van der Waals surface area contributed by atoms with Crippen molar-refractivity contribution in [2.75, 3.05) is 12.4 Å². The van der Waals surface area contributed by atoms with Crippen molar-refractivity contribution >= 4 is 23.1 Å². The van der Waals surface area contributed by atoms with E-state index in [0.29, 0.717) is 12.3 Å². The van der Waals surface area contributed by atoms with Crippen molar-refractivity contribution < 1.29 is 9.66 Å². The first-order chi connectivity index (χ1) is 10.0. The maximum Gasteiger partial charge on any atom is 0.332 e. The number of benzene rings is 1. The molecule has 7 nitrogen and oxygen atoms in total. The molecular weight excluding hydrogens is 296 g/mol. The van der Waals surface area contributed by atoms with E-state index in [9.17, 15) is 10.1 Å². The third-order valence-corrected chi connectivity index (χ3v) is 2.98. The Morgan fingerprint density at radius 3 is 2.86 bits per heavy atom. The van der Waals surface area contributed by atoms with Gasteiger partial charge in [-0.25, -0.2) is 4.98 Å². The van der Waals surface area contributed by atoms with E-state index in [0.717, 1.165) is 5.56 Å². The fourth-order valence-corrected chi connectivity index (χ4v) is 2.05. The number of nitro groups is 1. The zero-order valence-corrected chi connectivity index (χ0v) is 12.2. The van der Waals surface area contributed by atoms with Gasteiger partial charge in [-0.15, -0.1) is 0 Å². The first-order valence-electron chi connectivity index (χ1n) is 6.06. The Bertz CT molecular complexity index is 678. The van der Waals surface area contributed by atoms with Crippen LogP contribution >= 0.6 is 11.6 Å². The predicted octanol–water partition coefficient (Wildman–Crippen LogP) is 2.97. The first kappa shape index (κ1) is 15.0. The summed E-state index contributed by atoms with van der Waals surface area (Å²) in [7, 11) is 1.57. The number of aromatic nitrogens is 2. The van der Waals surface area contributed by atoms with Crippen molar-refractivity contribution in [3.63, 3.8) is 0 Å². The summed E-state index contributed by atoms with van der Waals surface area (Å²) in [4.78, 5) is 18.2. The highest BCUT2D eigenvalue weighted by Crippen LogP contribution is 2.27. The summed E-state index contributed by atoms with van der Waals surface area (Å²) in [5.41, 5.74) is 0.937. The lowest BCUT2D eigenvalue weighted by molar-refractivity contribution is -0.385. The minimum Gasteiger partial charge on any atom is -0.497 e. The van der Waals surface area contributed by atoms with E-state index in [1.165, 1.54) is 6.92 Å². The second-order valence-corrected chi connectivity index (χ2v) is 4.58. The third-order valence-electron chi connectivity index (χ3n) is 2.81. The third kappa shape index (κ3) is 3.57. The van der Waals surface area contributed by atoms with Gasteiger partial charge < -0.3 is 10.1 Å². The summed E-state index contributed by atoms with van der Waals surface area (Å²) in [5.74, 6) is 0.807. The largest absolute Gasteiger partial charge is 0.497 e. The van der Waals surface area contributed by atoms with Crippen LogP contribution in [-0.2, 0) is 6.54 Å². The Balaban J connectivity index is 2.25. The fourth-order valence-electron chi connectivity index (χ4n) is 1.84. The molecule has 0 saturated carbocycles. The van der Waals surface area contributed by atoms with Crippen molar-refractivity contribution in [3.05, 3.63) is 50.9 Å². The van der Waals surface area contributed by atoms with Gasteiger partial charge in [-0.1, -0.05) is 12.1 Å². The van der Waals surface area contributed by atoms with Crippen molar-refractivity contribution in [1.29, 1.82) is 0 Å². The van der Waals surface area contributed by atoms with Crippen LogP contribution in [-0.4, -0.2) is 22.0 Å². The van der Waals surface area contributed by atoms with Gasteiger partial charge in [0.1, 0.15) is 11.4 Å². The van der Waals surface area contributed by atoms with E-state index in [1.54, 1.807) is 7.11 Å². The molecule has 0 atom stereocenters. The summed E-state index contributed by atoms with van der Waals surface area (Å²) in [5, 5.41) is 14.0. The molecule has 0 aliphatic carbocycles. The number of hydrogen-bond donors (Lipinski definition) is 1. The fraction of sp³-hybridized carbons (Fsp3) is 0.231. The predicted molar refractivity (Wildman–Crippen MR) is 78.8 cm³/mol. The smallest absolute Gasteiger partial charge is 0.332 e. The zero-order chi connectivity index (χ0) is 15.4. The summed E-state index contributed by atoms with van der Waals surface area (Å²) in [6.07, 6.45) is 0. The standard InChI is InChI=1S/C13H13ClN4O3/c1-8-11(18(19)20)12(17-13(14)16-8)15-7-9-4-3-5-10(6-9)21-2/h3-6H,7H2,1-2H3,(H,15,16,17). The van der Waals surface area contributed by atoms with E-state index >= 15 is 0 Å². The molecule has 0 unspecified atom stereocenters. The highest BCUT2D eigenvalue weighted by atomic mass is 35.5. The molecule has 0 bridgehead atoms. The van der Waals surface area contributed by atoms with Gasteiger partial charge in [0.25, 0.3) is 0 Å². The van der Waals surface area contributed by atoms with Crippen LogP contribution in [0.3, 0.4) is 0 Å². The van der Waals surface area contributed by atoms with Gasteiger partial charge in [0, 0.05) is 6.54 Å². The molecule has 1 N–H and O–H groups in total. The monoisotopic (exact) mass is 308 g/mol. The van der Waals surface area contributed by atoms with Gasteiger partial charge in [0.2, 0.25) is 11.1 Å². The maximum absolute atomic E-state index is 11.1. The number of hydrogen-bond acceptors (Lipinski definition) is 6. The molecule has 0 saturated heterocycles. The highest BCUT2D eigenvalue weighted by molar-refractivity contribution is 6.28. The summed E-state index contributed by atoms with van der Waals surface area (Å²) in [6, 6.07) is 7.35. The van der Waals surface area contributed by atoms with Gasteiger partial charge in [-0.2, -0.15) is 4.98 Å². The number of aryl methyl sites for hydroxylation is 1. The van der Waals surface area contributed by atoms with E-state index in [1.807, 2.05) is 24.3 Å². The van der Waals surface area contributed by atoms with Crippen LogP contribution in [0.15, 0.2) is 24.3 Å². The van der Waals surface area contributed by atoms with Crippen LogP contribution in [0.1, 0.15) is 11.3 Å². The van der Waals surface area contributed by atoms with Crippen LogP contribution in [0, 0.1) is 17.0 Å². The minimum atomic E-state index is -0.528. The molecule has 8 heteroatoms. The molecule has 1 aromatic heterocycles. The van der Waals surface area contributed by atoms with Crippen LogP contribution in [0.5, 0.6) is 5.75 Å². The van der Waals surface area contributed by atoms with Crippen molar-refractivity contribution in [1.82, 2.24) is 9.97 Å². The molecule has 0 spiro atoms. The van der Waals surface area contributed by atoms with E-state index in [4.69, 9.17) is 16.3 Å². The highest BCUT2D eigenvalue weighted by Gasteiger charge is 2.21. The van der Waals surface area contributed by atoms with Gasteiger partial charge >= 0.3 is 5.69 Å². The lowest BCUT2D eigenvalue weighted by atomic mass is 10.2.